The van der Waals surface area contributed by atoms with Gasteiger partial charge in [0.1, 0.15) is 6.33 Å². The number of halogens is 1. The molecule has 0 radical (unpaired) electrons. The van der Waals surface area contributed by atoms with Crippen LogP contribution in [0.5, 0.6) is 0 Å². The van der Waals surface area contributed by atoms with Crippen molar-refractivity contribution in [2.45, 2.75) is 60.0 Å². The van der Waals surface area contributed by atoms with E-state index in [9.17, 15) is 0 Å². The second-order valence-electron chi connectivity index (χ2n) is 7.87. The Hall–Kier alpha value is -1.64. The summed E-state index contributed by atoms with van der Waals surface area (Å²) in [7, 11) is 0. The molecule has 2 rings (SSSR count). The first kappa shape index (κ1) is 23.4. The normalized spacial score (nSPS) is 13.0. The molecule has 150 valence electrons. The van der Waals surface area contributed by atoms with E-state index in [1.54, 1.807) is 0 Å². The number of guanidine groups is 1. The van der Waals surface area contributed by atoms with Gasteiger partial charge < -0.3 is 10.6 Å². The second kappa shape index (κ2) is 11.3. The van der Waals surface area contributed by atoms with Crippen molar-refractivity contribution in [3.63, 3.8) is 0 Å². The molecule has 0 aliphatic carbocycles. The van der Waals surface area contributed by atoms with Crippen molar-refractivity contribution in [1.82, 2.24) is 25.8 Å². The number of hydrogen-bond acceptors (Lipinski definition) is 3. The van der Waals surface area contributed by atoms with Crippen LogP contribution >= 0.6 is 24.0 Å². The zero-order valence-electron chi connectivity index (χ0n) is 17.0. The third-order valence-corrected chi connectivity index (χ3v) is 4.09. The summed E-state index contributed by atoms with van der Waals surface area (Å²) in [5.74, 6) is 1.63. The lowest BCUT2D eigenvalue weighted by Crippen LogP contribution is -2.42. The zero-order chi connectivity index (χ0) is 19.0. The summed E-state index contributed by atoms with van der Waals surface area (Å²) in [6.07, 6.45) is 3.82. The summed E-state index contributed by atoms with van der Waals surface area (Å²) in [6, 6.07) is 8.60. The number of benzene rings is 1. The fourth-order valence-corrected chi connectivity index (χ4v) is 2.61. The fraction of sp³-hybridized carbons (Fsp3) is 0.550. The molecular weight excluding hydrogens is 451 g/mol. The zero-order valence-corrected chi connectivity index (χ0v) is 19.4. The summed E-state index contributed by atoms with van der Waals surface area (Å²) >= 11 is 0. The van der Waals surface area contributed by atoms with Crippen LogP contribution in [0, 0.1) is 5.41 Å². The van der Waals surface area contributed by atoms with Crippen LogP contribution in [0.25, 0.3) is 11.4 Å². The van der Waals surface area contributed by atoms with Gasteiger partial charge in [-0.15, -0.1) is 24.0 Å². The Labute approximate surface area is 180 Å². The Bertz CT molecular complexity index is 691. The van der Waals surface area contributed by atoms with E-state index < -0.39 is 0 Å². The molecule has 7 heteroatoms. The Morgan fingerprint density at radius 1 is 1.30 bits per heavy atom. The maximum atomic E-state index is 4.74. The number of nitrogens with zero attached hydrogens (tertiary/aromatic N) is 3. The first-order chi connectivity index (χ1) is 12.4. The van der Waals surface area contributed by atoms with Gasteiger partial charge in [0.05, 0.1) is 6.54 Å². The molecule has 0 aliphatic rings. The third-order valence-electron chi connectivity index (χ3n) is 4.09. The van der Waals surface area contributed by atoms with Crippen molar-refractivity contribution < 1.29 is 0 Å². The minimum atomic E-state index is 0. The van der Waals surface area contributed by atoms with E-state index in [0.29, 0.717) is 18.0 Å². The molecule has 1 aromatic carbocycles. The highest BCUT2D eigenvalue weighted by Crippen LogP contribution is 2.21. The Morgan fingerprint density at radius 3 is 2.70 bits per heavy atom. The SMILES string of the molecule is CCNC(=NCc1cccc(-c2ncn[nH]2)c1)NC(C)CCC(C)(C)C.I. The smallest absolute Gasteiger partial charge is 0.191 e. The van der Waals surface area contributed by atoms with Crippen molar-refractivity contribution in [3.8, 4) is 11.4 Å². The molecule has 0 spiro atoms. The molecule has 2 aromatic rings. The Morgan fingerprint density at radius 2 is 2.07 bits per heavy atom. The van der Waals surface area contributed by atoms with Crippen LogP contribution in [0.3, 0.4) is 0 Å². The molecule has 0 amide bonds. The molecule has 27 heavy (non-hydrogen) atoms. The van der Waals surface area contributed by atoms with E-state index in [-0.39, 0.29) is 24.0 Å². The Kier molecular flexibility index (Phi) is 9.76. The van der Waals surface area contributed by atoms with Crippen molar-refractivity contribution in [3.05, 3.63) is 36.2 Å². The molecule has 1 heterocycles. The first-order valence-electron chi connectivity index (χ1n) is 9.37. The van der Waals surface area contributed by atoms with Crippen LogP contribution in [0.15, 0.2) is 35.6 Å². The molecule has 1 aromatic heterocycles. The number of aliphatic imine (C=N–C) groups is 1. The standard InChI is InChI=1S/C20H32N6.HI/c1-6-21-19(25-15(2)10-11-20(3,4)5)22-13-16-8-7-9-17(12-16)18-23-14-24-26-18;/h7-9,12,14-15H,6,10-11,13H2,1-5H3,(H2,21,22,25)(H,23,24,26);1H. The van der Waals surface area contributed by atoms with Crippen molar-refractivity contribution in [2.24, 2.45) is 10.4 Å². The van der Waals surface area contributed by atoms with Crippen LogP contribution in [-0.4, -0.2) is 33.7 Å². The summed E-state index contributed by atoms with van der Waals surface area (Å²) in [5, 5.41) is 13.7. The minimum absolute atomic E-state index is 0. The molecule has 0 saturated heterocycles. The lowest BCUT2D eigenvalue weighted by molar-refractivity contribution is 0.346. The number of aromatic nitrogens is 3. The van der Waals surface area contributed by atoms with Gasteiger partial charge >= 0.3 is 0 Å². The lowest BCUT2D eigenvalue weighted by Gasteiger charge is -2.23. The van der Waals surface area contributed by atoms with E-state index in [2.05, 4.69) is 72.6 Å². The van der Waals surface area contributed by atoms with Gasteiger partial charge in [-0.3, -0.25) is 5.10 Å². The number of hydrogen-bond donors (Lipinski definition) is 3. The van der Waals surface area contributed by atoms with Crippen LogP contribution in [0.2, 0.25) is 0 Å². The molecule has 0 saturated carbocycles. The first-order valence-corrected chi connectivity index (χ1v) is 9.37. The largest absolute Gasteiger partial charge is 0.357 e. The Balaban J connectivity index is 0.00000364. The van der Waals surface area contributed by atoms with Crippen molar-refractivity contribution >= 4 is 29.9 Å². The molecule has 0 bridgehead atoms. The maximum Gasteiger partial charge on any atom is 0.191 e. The van der Waals surface area contributed by atoms with Gasteiger partial charge in [0, 0.05) is 18.2 Å². The molecular formula is C20H33IN6. The van der Waals surface area contributed by atoms with E-state index in [0.717, 1.165) is 35.9 Å². The van der Waals surface area contributed by atoms with Gasteiger partial charge in [0.25, 0.3) is 0 Å². The van der Waals surface area contributed by atoms with Crippen LogP contribution in [0.1, 0.15) is 53.0 Å². The number of H-pyrrole nitrogens is 1. The van der Waals surface area contributed by atoms with Crippen molar-refractivity contribution in [2.75, 3.05) is 6.54 Å². The van der Waals surface area contributed by atoms with E-state index in [1.807, 2.05) is 12.1 Å². The highest BCUT2D eigenvalue weighted by atomic mass is 127. The lowest BCUT2D eigenvalue weighted by atomic mass is 9.89. The minimum Gasteiger partial charge on any atom is -0.357 e. The molecule has 3 N–H and O–H groups in total. The van der Waals surface area contributed by atoms with Gasteiger partial charge in [0.2, 0.25) is 0 Å². The van der Waals surface area contributed by atoms with Gasteiger partial charge in [-0.1, -0.05) is 39.0 Å². The van der Waals surface area contributed by atoms with Crippen LogP contribution in [-0.2, 0) is 6.54 Å². The van der Waals surface area contributed by atoms with Crippen LogP contribution < -0.4 is 10.6 Å². The van der Waals surface area contributed by atoms with E-state index in [4.69, 9.17) is 4.99 Å². The van der Waals surface area contributed by atoms with E-state index >= 15 is 0 Å². The van der Waals surface area contributed by atoms with Gasteiger partial charge in [-0.25, -0.2) is 9.98 Å². The summed E-state index contributed by atoms with van der Waals surface area (Å²) in [4.78, 5) is 8.94. The van der Waals surface area contributed by atoms with Gasteiger partial charge in [-0.05, 0) is 43.7 Å². The summed E-state index contributed by atoms with van der Waals surface area (Å²) in [6.45, 7) is 12.6. The average Bonchev–Trinajstić information content (AvgIpc) is 3.12. The average molecular weight is 484 g/mol. The summed E-state index contributed by atoms with van der Waals surface area (Å²) < 4.78 is 0. The monoisotopic (exact) mass is 484 g/mol. The van der Waals surface area contributed by atoms with Gasteiger partial charge in [0.15, 0.2) is 11.8 Å². The number of aromatic amines is 1. The highest BCUT2D eigenvalue weighted by Gasteiger charge is 2.13. The van der Waals surface area contributed by atoms with Crippen LogP contribution in [0.4, 0.5) is 0 Å². The molecule has 0 fully saturated rings. The molecule has 1 atom stereocenters. The second-order valence-corrected chi connectivity index (χ2v) is 7.87. The number of rotatable bonds is 7. The highest BCUT2D eigenvalue weighted by molar-refractivity contribution is 14.0. The third kappa shape index (κ3) is 8.73. The van der Waals surface area contributed by atoms with Crippen molar-refractivity contribution in [1.29, 1.82) is 0 Å². The number of nitrogens with one attached hydrogen (secondary N) is 3. The predicted molar refractivity (Wildman–Crippen MR) is 123 cm³/mol. The molecule has 0 aliphatic heterocycles. The quantitative estimate of drug-likeness (QED) is 0.310. The van der Waals surface area contributed by atoms with E-state index in [1.165, 1.54) is 12.7 Å². The molecule has 6 nitrogen and oxygen atoms in total. The predicted octanol–water partition coefficient (Wildman–Crippen LogP) is 4.36. The molecule has 1 unspecified atom stereocenters. The van der Waals surface area contributed by atoms with Gasteiger partial charge in [-0.2, -0.15) is 5.10 Å². The summed E-state index contributed by atoms with van der Waals surface area (Å²) in [5.41, 5.74) is 2.51. The fourth-order valence-electron chi connectivity index (χ4n) is 2.61. The topological polar surface area (TPSA) is 78.0 Å². The maximum absolute atomic E-state index is 4.74.